The van der Waals surface area contributed by atoms with Crippen LogP contribution in [0.3, 0.4) is 0 Å². The molecule has 1 amide bonds. The third-order valence-electron chi connectivity index (χ3n) is 5.27. The van der Waals surface area contributed by atoms with E-state index in [-0.39, 0.29) is 16.5 Å². The van der Waals surface area contributed by atoms with Gasteiger partial charge in [-0.25, -0.2) is 8.42 Å². The summed E-state index contributed by atoms with van der Waals surface area (Å²) in [6.45, 7) is 3.61. The normalized spacial score (nSPS) is 14.8. The summed E-state index contributed by atoms with van der Waals surface area (Å²) in [6.07, 6.45) is 2.83. The van der Waals surface area contributed by atoms with Gasteiger partial charge in [-0.05, 0) is 35.9 Å². The number of nitrogens with one attached hydrogen (secondary N) is 1. The molecular weight excluding hydrogens is 448 g/mol. The Kier molecular flexibility index (Phi) is 6.74. The van der Waals surface area contributed by atoms with Gasteiger partial charge in [-0.1, -0.05) is 41.9 Å². The Morgan fingerprint density at radius 2 is 1.66 bits per heavy atom. The van der Waals surface area contributed by atoms with E-state index in [2.05, 4.69) is 26.7 Å². The largest absolute Gasteiger partial charge is 0.336 e. The molecule has 0 aliphatic carbocycles. The molecule has 32 heavy (non-hydrogen) atoms. The number of rotatable bonds is 6. The van der Waals surface area contributed by atoms with Gasteiger partial charge in [0.2, 0.25) is 0 Å². The number of carbonyl (C=O) groups excluding carboxylic acids is 1. The van der Waals surface area contributed by atoms with Crippen LogP contribution in [0, 0.1) is 0 Å². The van der Waals surface area contributed by atoms with Crippen molar-refractivity contribution in [2.45, 2.75) is 11.4 Å². The number of halogens is 1. The van der Waals surface area contributed by atoms with Crippen LogP contribution in [0.4, 0.5) is 5.69 Å². The van der Waals surface area contributed by atoms with E-state index in [1.807, 2.05) is 18.2 Å². The number of carbonyl (C=O) groups is 1. The topological polar surface area (TPSA) is 82.6 Å². The lowest BCUT2D eigenvalue weighted by molar-refractivity contribution is 0.0628. The minimum absolute atomic E-state index is 0.0770. The Hall–Kier alpha value is -2.94. The van der Waals surface area contributed by atoms with Crippen molar-refractivity contribution >= 4 is 33.2 Å². The van der Waals surface area contributed by atoms with Gasteiger partial charge in [0.1, 0.15) is 0 Å². The fourth-order valence-corrected chi connectivity index (χ4v) is 4.73. The number of nitrogens with zero attached hydrogens (tertiary/aromatic N) is 3. The Balaban J connectivity index is 1.39. The molecule has 9 heteroatoms. The maximum absolute atomic E-state index is 13.0. The maximum Gasteiger partial charge on any atom is 0.261 e. The van der Waals surface area contributed by atoms with Crippen LogP contribution in [0.15, 0.2) is 78.0 Å². The molecule has 166 valence electrons. The van der Waals surface area contributed by atoms with Crippen molar-refractivity contribution in [2.24, 2.45) is 0 Å². The van der Waals surface area contributed by atoms with Crippen molar-refractivity contribution in [2.75, 3.05) is 30.9 Å². The molecule has 0 radical (unpaired) electrons. The van der Waals surface area contributed by atoms with E-state index < -0.39 is 10.0 Å². The highest BCUT2D eigenvalue weighted by Gasteiger charge is 2.23. The molecule has 7 nitrogen and oxygen atoms in total. The van der Waals surface area contributed by atoms with E-state index in [1.54, 1.807) is 4.90 Å². The zero-order valence-corrected chi connectivity index (χ0v) is 18.9. The minimum Gasteiger partial charge on any atom is -0.336 e. The first-order valence-corrected chi connectivity index (χ1v) is 12.1. The van der Waals surface area contributed by atoms with Crippen LogP contribution in [0.1, 0.15) is 15.9 Å². The molecule has 0 spiro atoms. The number of amides is 1. The highest BCUT2D eigenvalue weighted by Crippen LogP contribution is 2.19. The second-order valence-electron chi connectivity index (χ2n) is 7.58. The van der Waals surface area contributed by atoms with Gasteiger partial charge < -0.3 is 4.90 Å². The fourth-order valence-electron chi connectivity index (χ4n) is 3.57. The lowest BCUT2D eigenvalue weighted by Gasteiger charge is -2.34. The molecule has 2 heterocycles. The zero-order valence-electron chi connectivity index (χ0n) is 17.3. The van der Waals surface area contributed by atoms with Crippen LogP contribution < -0.4 is 4.72 Å². The van der Waals surface area contributed by atoms with Crippen molar-refractivity contribution in [1.82, 2.24) is 14.8 Å². The summed E-state index contributed by atoms with van der Waals surface area (Å²) in [7, 11) is -3.81. The molecule has 2 aromatic carbocycles. The van der Waals surface area contributed by atoms with Crippen LogP contribution in [-0.4, -0.2) is 55.3 Å². The SMILES string of the molecule is O=C(c1cncc(NS(=O)(=O)c2ccc(Cl)cc2)c1)N1CCN(Cc2ccccc2)CC1. The number of benzene rings is 2. The highest BCUT2D eigenvalue weighted by atomic mass is 35.5. The average molecular weight is 471 g/mol. The van der Waals surface area contributed by atoms with Crippen molar-refractivity contribution in [3.63, 3.8) is 0 Å². The van der Waals surface area contributed by atoms with E-state index in [0.29, 0.717) is 23.7 Å². The van der Waals surface area contributed by atoms with Crippen molar-refractivity contribution in [3.8, 4) is 0 Å². The first-order valence-electron chi connectivity index (χ1n) is 10.2. The number of hydrogen-bond donors (Lipinski definition) is 1. The highest BCUT2D eigenvalue weighted by molar-refractivity contribution is 7.92. The van der Waals surface area contributed by atoms with Crippen molar-refractivity contribution < 1.29 is 13.2 Å². The summed E-state index contributed by atoms with van der Waals surface area (Å²) in [6, 6.07) is 17.6. The monoisotopic (exact) mass is 470 g/mol. The Morgan fingerprint density at radius 1 is 0.969 bits per heavy atom. The molecule has 0 atom stereocenters. The number of piperazine rings is 1. The fraction of sp³-hybridized carbons (Fsp3) is 0.217. The van der Waals surface area contributed by atoms with Gasteiger partial charge in [0.25, 0.3) is 15.9 Å². The third-order valence-corrected chi connectivity index (χ3v) is 6.92. The van der Waals surface area contributed by atoms with Gasteiger partial charge in [0.15, 0.2) is 0 Å². The number of pyridine rings is 1. The van der Waals surface area contributed by atoms with E-state index in [4.69, 9.17) is 11.6 Å². The smallest absolute Gasteiger partial charge is 0.261 e. The third kappa shape index (κ3) is 5.45. The lowest BCUT2D eigenvalue weighted by atomic mass is 10.2. The average Bonchev–Trinajstić information content (AvgIpc) is 2.80. The van der Waals surface area contributed by atoms with Crippen LogP contribution in [0.5, 0.6) is 0 Å². The molecule has 0 unspecified atom stereocenters. The van der Waals surface area contributed by atoms with Crippen LogP contribution in [0.2, 0.25) is 5.02 Å². The Morgan fingerprint density at radius 3 is 2.34 bits per heavy atom. The van der Waals surface area contributed by atoms with E-state index in [9.17, 15) is 13.2 Å². The Labute approximate surface area is 192 Å². The lowest BCUT2D eigenvalue weighted by Crippen LogP contribution is -2.48. The van der Waals surface area contributed by atoms with E-state index in [1.165, 1.54) is 48.3 Å². The van der Waals surface area contributed by atoms with Gasteiger partial charge in [-0.15, -0.1) is 0 Å². The molecule has 1 aromatic heterocycles. The molecule has 3 aromatic rings. The second-order valence-corrected chi connectivity index (χ2v) is 9.69. The van der Waals surface area contributed by atoms with Crippen LogP contribution in [0.25, 0.3) is 0 Å². The second kappa shape index (κ2) is 9.68. The summed E-state index contributed by atoms with van der Waals surface area (Å²) in [5, 5.41) is 0.446. The van der Waals surface area contributed by atoms with Gasteiger partial charge in [-0.2, -0.15) is 0 Å². The number of sulfonamides is 1. The Bertz CT molecular complexity index is 1180. The van der Waals surface area contributed by atoms with Gasteiger partial charge in [0, 0.05) is 43.9 Å². The first kappa shape index (κ1) is 22.3. The van der Waals surface area contributed by atoms with E-state index in [0.717, 1.165) is 19.6 Å². The standard InChI is InChI=1S/C23H23ClN4O3S/c24-20-6-8-22(9-7-20)32(30,31)26-21-14-19(15-25-16-21)23(29)28-12-10-27(11-13-28)17-18-4-2-1-3-5-18/h1-9,14-16,26H,10-13,17H2. The molecule has 1 saturated heterocycles. The predicted molar refractivity (Wildman–Crippen MR) is 124 cm³/mol. The van der Waals surface area contributed by atoms with Crippen LogP contribution >= 0.6 is 11.6 Å². The minimum atomic E-state index is -3.81. The number of anilines is 1. The van der Waals surface area contributed by atoms with Crippen molar-refractivity contribution in [1.29, 1.82) is 0 Å². The van der Waals surface area contributed by atoms with Gasteiger partial charge >= 0.3 is 0 Å². The molecule has 4 rings (SSSR count). The molecule has 0 saturated carbocycles. The molecular formula is C23H23ClN4O3S. The molecule has 1 fully saturated rings. The number of aromatic nitrogens is 1. The summed E-state index contributed by atoms with van der Waals surface area (Å²) in [5.74, 6) is -0.163. The first-order chi connectivity index (χ1) is 15.4. The maximum atomic E-state index is 13.0. The van der Waals surface area contributed by atoms with Crippen molar-refractivity contribution in [3.05, 3.63) is 89.2 Å². The summed E-state index contributed by atoms with van der Waals surface area (Å²) >= 11 is 5.83. The number of hydrogen-bond acceptors (Lipinski definition) is 5. The van der Waals surface area contributed by atoms with Crippen LogP contribution in [-0.2, 0) is 16.6 Å². The van der Waals surface area contributed by atoms with Gasteiger partial charge in [-0.3, -0.25) is 19.4 Å². The summed E-state index contributed by atoms with van der Waals surface area (Å²) < 4.78 is 27.7. The predicted octanol–water partition coefficient (Wildman–Crippen LogP) is 3.49. The molecule has 1 aliphatic rings. The van der Waals surface area contributed by atoms with E-state index >= 15 is 0 Å². The molecule has 0 bridgehead atoms. The zero-order chi connectivity index (χ0) is 22.6. The quantitative estimate of drug-likeness (QED) is 0.596. The van der Waals surface area contributed by atoms with Gasteiger partial charge in [0.05, 0.1) is 22.3 Å². The summed E-state index contributed by atoms with van der Waals surface area (Å²) in [5.41, 5.74) is 1.82. The molecule has 1 aliphatic heterocycles. The summed E-state index contributed by atoms with van der Waals surface area (Å²) in [4.78, 5) is 21.2. The molecule has 1 N–H and O–H groups in total.